The summed E-state index contributed by atoms with van der Waals surface area (Å²) in [6.45, 7) is 0. The van der Waals surface area contributed by atoms with Crippen LogP contribution < -0.4 is 0 Å². The number of hydrogen-bond donors (Lipinski definition) is 0. The van der Waals surface area contributed by atoms with Crippen LogP contribution in [0.2, 0.25) is 0 Å². The highest BCUT2D eigenvalue weighted by Gasteiger charge is 2.22. The summed E-state index contributed by atoms with van der Waals surface area (Å²) in [7, 11) is 0. The van der Waals surface area contributed by atoms with Gasteiger partial charge in [0.1, 0.15) is 5.65 Å². The third-order valence-corrected chi connectivity index (χ3v) is 8.31. The first-order chi connectivity index (χ1) is 19.3. The Balaban J connectivity index is 1.34. The molecule has 0 unspecified atom stereocenters. The maximum Gasteiger partial charge on any atom is 0.146 e. The fraction of sp³-hybridized carbons (Fsp3) is 0. The molecule has 0 saturated heterocycles. The zero-order valence-electron chi connectivity index (χ0n) is 21.1. The molecule has 0 N–H and O–H groups in total. The van der Waals surface area contributed by atoms with Gasteiger partial charge in [-0.15, -0.1) is 0 Å². The van der Waals surface area contributed by atoms with Crippen molar-refractivity contribution >= 4 is 38.4 Å². The van der Waals surface area contributed by atoms with Crippen LogP contribution in [0.1, 0.15) is 0 Å². The SMILES string of the molecule is c1ccc(-c2cc3cc(-c4ccc5c6c(cccc46)-c4ccccc4-5)ccc3n3c2nc2ccccc23)cc1. The second kappa shape index (κ2) is 7.66. The van der Waals surface area contributed by atoms with Crippen molar-refractivity contribution in [3.05, 3.63) is 133 Å². The zero-order chi connectivity index (χ0) is 25.5. The number of rotatable bonds is 2. The molecule has 0 fully saturated rings. The molecule has 2 heterocycles. The van der Waals surface area contributed by atoms with Gasteiger partial charge in [0, 0.05) is 5.56 Å². The summed E-state index contributed by atoms with van der Waals surface area (Å²) in [6, 6.07) is 48.3. The molecule has 2 nitrogen and oxygen atoms in total. The molecule has 180 valence electrons. The Morgan fingerprint density at radius 3 is 2.03 bits per heavy atom. The monoisotopic (exact) mass is 494 g/mol. The van der Waals surface area contributed by atoms with E-state index in [1.807, 2.05) is 0 Å². The third-order valence-electron chi connectivity index (χ3n) is 8.31. The lowest BCUT2D eigenvalue weighted by atomic mass is 9.93. The van der Waals surface area contributed by atoms with Gasteiger partial charge in [-0.3, -0.25) is 4.40 Å². The van der Waals surface area contributed by atoms with E-state index < -0.39 is 0 Å². The van der Waals surface area contributed by atoms with E-state index >= 15 is 0 Å². The van der Waals surface area contributed by atoms with Gasteiger partial charge in [0.25, 0.3) is 0 Å². The van der Waals surface area contributed by atoms with E-state index in [9.17, 15) is 0 Å². The summed E-state index contributed by atoms with van der Waals surface area (Å²) in [6.07, 6.45) is 0. The standard InChI is InChI=1S/C37H22N2/c1-2-9-23(10-3-1)32-22-25-21-24(17-20-34(25)39-35-16-7-6-15-33(35)38-37(32)39)26-18-19-31-28-12-5-4-11-27(28)30-14-8-13-29(26)36(30)31/h1-22H. The van der Waals surface area contributed by atoms with Gasteiger partial charge in [-0.1, -0.05) is 103 Å². The van der Waals surface area contributed by atoms with E-state index in [2.05, 4.69) is 138 Å². The van der Waals surface area contributed by atoms with Crippen LogP contribution in [0, 0.1) is 0 Å². The number of benzene rings is 6. The molecule has 2 heteroatoms. The lowest BCUT2D eigenvalue weighted by Crippen LogP contribution is -1.93. The predicted octanol–water partition coefficient (Wildman–Crippen LogP) is 9.78. The topological polar surface area (TPSA) is 17.3 Å². The minimum atomic E-state index is 0.991. The Hall–Kier alpha value is -5.21. The van der Waals surface area contributed by atoms with Crippen molar-refractivity contribution in [1.82, 2.24) is 9.38 Å². The quantitative estimate of drug-likeness (QED) is 0.234. The second-order valence-corrected chi connectivity index (χ2v) is 10.4. The van der Waals surface area contributed by atoms with Gasteiger partial charge >= 0.3 is 0 Å². The molecule has 0 spiro atoms. The molecule has 0 aliphatic heterocycles. The van der Waals surface area contributed by atoms with Gasteiger partial charge in [-0.05, 0) is 85.4 Å². The van der Waals surface area contributed by atoms with Crippen LogP contribution in [0.25, 0.3) is 82.9 Å². The number of hydrogen-bond acceptors (Lipinski definition) is 1. The van der Waals surface area contributed by atoms with Gasteiger partial charge in [-0.25, -0.2) is 4.98 Å². The highest BCUT2D eigenvalue weighted by Crippen LogP contribution is 2.49. The van der Waals surface area contributed by atoms with Crippen molar-refractivity contribution < 1.29 is 0 Å². The average molecular weight is 495 g/mol. The van der Waals surface area contributed by atoms with Gasteiger partial charge in [0.15, 0.2) is 0 Å². The summed E-state index contributed by atoms with van der Waals surface area (Å²) in [5.74, 6) is 0. The molecule has 1 aliphatic carbocycles. The number of fused-ring (bicyclic) bond motifs is 8. The lowest BCUT2D eigenvalue weighted by Gasteiger charge is -2.13. The van der Waals surface area contributed by atoms with Crippen molar-refractivity contribution in [3.63, 3.8) is 0 Å². The highest BCUT2D eigenvalue weighted by atomic mass is 15.0. The van der Waals surface area contributed by atoms with Crippen molar-refractivity contribution in [2.45, 2.75) is 0 Å². The maximum absolute atomic E-state index is 5.07. The van der Waals surface area contributed by atoms with Crippen LogP contribution >= 0.6 is 0 Å². The Labute approximate surface area is 225 Å². The van der Waals surface area contributed by atoms with Crippen LogP contribution in [0.3, 0.4) is 0 Å². The molecule has 0 atom stereocenters. The van der Waals surface area contributed by atoms with E-state index in [0.29, 0.717) is 0 Å². The lowest BCUT2D eigenvalue weighted by molar-refractivity contribution is 1.30. The molecule has 8 aromatic rings. The first-order valence-electron chi connectivity index (χ1n) is 13.4. The summed E-state index contributed by atoms with van der Waals surface area (Å²) in [4.78, 5) is 5.07. The summed E-state index contributed by atoms with van der Waals surface area (Å²) < 4.78 is 2.32. The predicted molar refractivity (Wildman–Crippen MR) is 163 cm³/mol. The minimum Gasteiger partial charge on any atom is -0.292 e. The van der Waals surface area contributed by atoms with E-state index in [-0.39, 0.29) is 0 Å². The van der Waals surface area contributed by atoms with Crippen molar-refractivity contribution in [1.29, 1.82) is 0 Å². The largest absolute Gasteiger partial charge is 0.292 e. The Morgan fingerprint density at radius 1 is 0.436 bits per heavy atom. The first kappa shape index (κ1) is 20.8. The average Bonchev–Trinajstić information content (AvgIpc) is 3.55. The first-order valence-corrected chi connectivity index (χ1v) is 13.4. The van der Waals surface area contributed by atoms with E-state index in [0.717, 1.165) is 22.2 Å². The molecule has 9 rings (SSSR count). The minimum absolute atomic E-state index is 0.991. The third kappa shape index (κ3) is 2.83. The molecular weight excluding hydrogens is 472 g/mol. The fourth-order valence-corrected chi connectivity index (χ4v) is 6.60. The molecule has 0 radical (unpaired) electrons. The molecule has 1 aliphatic rings. The molecule has 6 aromatic carbocycles. The van der Waals surface area contributed by atoms with Crippen molar-refractivity contribution in [3.8, 4) is 44.5 Å². The summed E-state index contributed by atoms with van der Waals surface area (Å²) in [5.41, 5.74) is 14.4. The summed E-state index contributed by atoms with van der Waals surface area (Å²) in [5, 5.41) is 3.86. The van der Waals surface area contributed by atoms with Crippen LogP contribution in [-0.2, 0) is 0 Å². The number of pyridine rings is 1. The van der Waals surface area contributed by atoms with Crippen LogP contribution in [-0.4, -0.2) is 9.38 Å². The van der Waals surface area contributed by atoms with E-state index in [1.165, 1.54) is 60.6 Å². The number of nitrogens with zero attached hydrogens (tertiary/aromatic N) is 2. The van der Waals surface area contributed by atoms with Crippen molar-refractivity contribution in [2.24, 2.45) is 0 Å². The molecule has 0 amide bonds. The van der Waals surface area contributed by atoms with Crippen LogP contribution in [0.5, 0.6) is 0 Å². The summed E-state index contributed by atoms with van der Waals surface area (Å²) >= 11 is 0. The Bertz CT molecular complexity index is 2240. The molecule has 39 heavy (non-hydrogen) atoms. The molecule has 0 saturated carbocycles. The number of imidazole rings is 1. The van der Waals surface area contributed by atoms with Crippen LogP contribution in [0.4, 0.5) is 0 Å². The van der Waals surface area contributed by atoms with Crippen molar-refractivity contribution in [2.75, 3.05) is 0 Å². The smallest absolute Gasteiger partial charge is 0.146 e. The van der Waals surface area contributed by atoms with E-state index in [1.54, 1.807) is 0 Å². The molecule has 0 bridgehead atoms. The van der Waals surface area contributed by atoms with Gasteiger partial charge < -0.3 is 0 Å². The number of para-hydroxylation sites is 2. The van der Waals surface area contributed by atoms with Crippen LogP contribution in [0.15, 0.2) is 133 Å². The fourth-order valence-electron chi connectivity index (χ4n) is 6.60. The molecular formula is C37H22N2. The highest BCUT2D eigenvalue weighted by molar-refractivity contribution is 6.18. The molecule has 2 aromatic heterocycles. The Morgan fingerprint density at radius 2 is 1.15 bits per heavy atom. The maximum atomic E-state index is 5.07. The van der Waals surface area contributed by atoms with Gasteiger partial charge in [0.2, 0.25) is 0 Å². The second-order valence-electron chi connectivity index (χ2n) is 10.4. The Kier molecular flexibility index (Phi) is 4.08. The van der Waals surface area contributed by atoms with E-state index in [4.69, 9.17) is 4.98 Å². The normalized spacial score (nSPS) is 12.1. The van der Waals surface area contributed by atoms with Gasteiger partial charge in [0.05, 0.1) is 16.6 Å². The number of aromatic nitrogens is 2. The van der Waals surface area contributed by atoms with Gasteiger partial charge in [-0.2, -0.15) is 0 Å². The zero-order valence-corrected chi connectivity index (χ0v) is 21.1.